The van der Waals surface area contributed by atoms with Crippen molar-refractivity contribution in [2.24, 2.45) is 5.92 Å². The minimum Gasteiger partial charge on any atom is -0.480 e. The Morgan fingerprint density at radius 2 is 1.92 bits per heavy atom. The molecule has 1 saturated heterocycles. The van der Waals surface area contributed by atoms with Gasteiger partial charge in [0.2, 0.25) is 0 Å². The minimum absolute atomic E-state index is 0.0598. The molecule has 1 amide bonds. The van der Waals surface area contributed by atoms with Gasteiger partial charge in [-0.15, -0.1) is 0 Å². The Hall–Kier alpha value is -2.21. The zero-order chi connectivity index (χ0) is 17.4. The van der Waals surface area contributed by atoms with Crippen molar-refractivity contribution in [2.75, 3.05) is 0 Å². The van der Waals surface area contributed by atoms with Crippen molar-refractivity contribution in [2.45, 2.75) is 44.2 Å². The monoisotopic (exact) mass is 356 g/mol. The normalized spacial score (nSPS) is 25.6. The van der Waals surface area contributed by atoms with Crippen molar-refractivity contribution < 1.29 is 14.7 Å². The highest BCUT2D eigenvalue weighted by Gasteiger charge is 2.48. The van der Waals surface area contributed by atoms with Crippen LogP contribution < -0.4 is 0 Å². The minimum atomic E-state index is -0.893. The summed E-state index contributed by atoms with van der Waals surface area (Å²) in [5.74, 6) is -0.752. The van der Waals surface area contributed by atoms with E-state index < -0.39 is 12.0 Å². The predicted octanol–water partition coefficient (Wildman–Crippen LogP) is 3.67. The zero-order valence-corrected chi connectivity index (χ0v) is 14.6. The molecule has 1 aliphatic carbocycles. The number of amides is 1. The van der Waals surface area contributed by atoms with Crippen LogP contribution in [0.4, 0.5) is 0 Å². The molecule has 1 saturated carbocycles. The highest BCUT2D eigenvalue weighted by molar-refractivity contribution is 7.08. The topological polar surface area (TPSA) is 70.5 Å². The first kappa shape index (κ1) is 16.3. The molecule has 6 heteroatoms. The number of hydrogen-bond donors (Lipinski definition) is 1. The lowest BCUT2D eigenvalue weighted by Gasteiger charge is -2.32. The van der Waals surface area contributed by atoms with Crippen molar-refractivity contribution in [1.82, 2.24) is 9.27 Å². The van der Waals surface area contributed by atoms with E-state index in [1.54, 1.807) is 11.0 Å². The number of hydrogen-bond acceptors (Lipinski definition) is 4. The molecular formula is C19H20N2O3S. The molecule has 5 nitrogen and oxygen atoms in total. The van der Waals surface area contributed by atoms with Gasteiger partial charge < -0.3 is 10.0 Å². The Kier molecular flexibility index (Phi) is 4.29. The lowest BCUT2D eigenvalue weighted by molar-refractivity contribution is -0.141. The summed E-state index contributed by atoms with van der Waals surface area (Å²) in [6.07, 6.45) is 4.71. The van der Waals surface area contributed by atoms with E-state index >= 15 is 0 Å². The quantitative estimate of drug-likeness (QED) is 0.911. The Labute approximate surface area is 150 Å². The Bertz CT molecular complexity index is 789. The van der Waals surface area contributed by atoms with Crippen LogP contribution in [-0.4, -0.2) is 38.3 Å². The third-order valence-corrected chi connectivity index (χ3v) is 6.18. The third kappa shape index (κ3) is 2.95. The largest absolute Gasteiger partial charge is 0.480 e. The summed E-state index contributed by atoms with van der Waals surface area (Å²) in [6.45, 7) is 0. The number of fused-ring (bicyclic) bond motifs is 1. The van der Waals surface area contributed by atoms with Crippen LogP contribution in [0.25, 0.3) is 11.3 Å². The molecule has 0 spiro atoms. The molecule has 0 bridgehead atoms. The van der Waals surface area contributed by atoms with Gasteiger partial charge in [-0.1, -0.05) is 43.2 Å². The van der Waals surface area contributed by atoms with Crippen LogP contribution in [0.15, 0.2) is 36.4 Å². The van der Waals surface area contributed by atoms with Crippen LogP contribution >= 0.6 is 11.5 Å². The van der Waals surface area contributed by atoms with E-state index in [1.807, 2.05) is 30.3 Å². The van der Waals surface area contributed by atoms with Gasteiger partial charge in [-0.25, -0.2) is 4.79 Å². The van der Waals surface area contributed by atoms with E-state index in [2.05, 4.69) is 4.37 Å². The van der Waals surface area contributed by atoms with Gasteiger partial charge in [0.1, 0.15) is 10.9 Å². The number of carbonyl (C=O) groups excluding carboxylic acids is 1. The first-order valence-corrected chi connectivity index (χ1v) is 9.50. The molecule has 25 heavy (non-hydrogen) atoms. The SMILES string of the molecule is O=C(O)C1CC2CCCCC2N1C(=O)c1cc(-c2ccccc2)ns1. The number of carbonyl (C=O) groups is 2. The van der Waals surface area contributed by atoms with E-state index in [4.69, 9.17) is 0 Å². The molecule has 130 valence electrons. The van der Waals surface area contributed by atoms with Crippen molar-refractivity contribution in [3.05, 3.63) is 41.3 Å². The molecule has 3 unspecified atom stereocenters. The van der Waals surface area contributed by atoms with Crippen LogP contribution in [0.2, 0.25) is 0 Å². The number of aromatic nitrogens is 1. The fourth-order valence-corrected chi connectivity index (χ4v) is 4.92. The first-order valence-electron chi connectivity index (χ1n) is 8.73. The molecule has 0 radical (unpaired) electrons. The van der Waals surface area contributed by atoms with Gasteiger partial charge in [-0.3, -0.25) is 4.79 Å². The summed E-state index contributed by atoms with van der Waals surface area (Å²) < 4.78 is 4.40. The van der Waals surface area contributed by atoms with Gasteiger partial charge in [-0.2, -0.15) is 4.37 Å². The van der Waals surface area contributed by atoms with Gasteiger partial charge in [0.15, 0.2) is 0 Å². The molecule has 1 aromatic carbocycles. The maximum absolute atomic E-state index is 13.1. The van der Waals surface area contributed by atoms with Crippen LogP contribution in [0.5, 0.6) is 0 Å². The molecule has 2 fully saturated rings. The van der Waals surface area contributed by atoms with E-state index in [9.17, 15) is 14.7 Å². The van der Waals surface area contributed by atoms with Crippen LogP contribution in [-0.2, 0) is 4.79 Å². The van der Waals surface area contributed by atoms with Crippen molar-refractivity contribution in [1.29, 1.82) is 0 Å². The maximum Gasteiger partial charge on any atom is 0.326 e. The van der Waals surface area contributed by atoms with E-state index in [0.29, 0.717) is 17.2 Å². The summed E-state index contributed by atoms with van der Waals surface area (Å²) in [4.78, 5) is 27.0. The first-order chi connectivity index (χ1) is 12.1. The van der Waals surface area contributed by atoms with Gasteiger partial charge in [0.25, 0.3) is 5.91 Å². The molecule has 3 atom stereocenters. The number of benzene rings is 1. The number of carboxylic acid groups (broad SMARTS) is 1. The lowest BCUT2D eigenvalue weighted by atomic mass is 9.85. The summed E-state index contributed by atoms with van der Waals surface area (Å²) in [5.41, 5.74) is 1.73. The smallest absolute Gasteiger partial charge is 0.326 e. The highest BCUT2D eigenvalue weighted by atomic mass is 32.1. The van der Waals surface area contributed by atoms with Crippen LogP contribution in [0, 0.1) is 5.92 Å². The average Bonchev–Trinajstić information content (AvgIpc) is 3.27. The average molecular weight is 356 g/mol. The molecular weight excluding hydrogens is 336 g/mol. The number of rotatable bonds is 3. The fourth-order valence-electron chi connectivity index (χ4n) is 4.22. The van der Waals surface area contributed by atoms with Gasteiger partial charge in [-0.05, 0) is 42.8 Å². The molecule has 2 heterocycles. The highest BCUT2D eigenvalue weighted by Crippen LogP contribution is 2.41. The van der Waals surface area contributed by atoms with Gasteiger partial charge in [0, 0.05) is 11.6 Å². The van der Waals surface area contributed by atoms with Crippen molar-refractivity contribution in [3.8, 4) is 11.3 Å². The number of carboxylic acids is 1. The number of nitrogens with zero attached hydrogens (tertiary/aromatic N) is 2. The second kappa shape index (κ2) is 6.59. The summed E-state index contributed by atoms with van der Waals surface area (Å²) in [6, 6.07) is 10.9. The van der Waals surface area contributed by atoms with Gasteiger partial charge in [0.05, 0.1) is 5.69 Å². The second-order valence-electron chi connectivity index (χ2n) is 6.86. The summed E-state index contributed by atoms with van der Waals surface area (Å²) in [5, 5.41) is 9.60. The molecule has 1 aliphatic heterocycles. The Morgan fingerprint density at radius 3 is 2.68 bits per heavy atom. The Balaban J connectivity index is 1.63. The third-order valence-electron chi connectivity index (χ3n) is 5.40. The maximum atomic E-state index is 13.1. The fraction of sp³-hybridized carbons (Fsp3) is 0.421. The van der Waals surface area contributed by atoms with E-state index in [1.165, 1.54) is 0 Å². The van der Waals surface area contributed by atoms with Crippen molar-refractivity contribution >= 4 is 23.4 Å². The molecule has 2 aliphatic rings. The lowest BCUT2D eigenvalue weighted by Crippen LogP contribution is -2.46. The number of likely N-dealkylation sites (tertiary alicyclic amines) is 1. The van der Waals surface area contributed by atoms with E-state index in [-0.39, 0.29) is 11.9 Å². The molecule has 4 rings (SSSR count). The second-order valence-corrected chi connectivity index (χ2v) is 7.66. The zero-order valence-electron chi connectivity index (χ0n) is 13.8. The van der Waals surface area contributed by atoms with Crippen LogP contribution in [0.3, 0.4) is 0 Å². The van der Waals surface area contributed by atoms with E-state index in [0.717, 1.165) is 48.5 Å². The summed E-state index contributed by atoms with van der Waals surface area (Å²) >= 11 is 1.16. The molecule has 1 N–H and O–H groups in total. The van der Waals surface area contributed by atoms with Crippen molar-refractivity contribution in [3.63, 3.8) is 0 Å². The Morgan fingerprint density at radius 1 is 1.16 bits per heavy atom. The van der Waals surface area contributed by atoms with Gasteiger partial charge >= 0.3 is 5.97 Å². The molecule has 2 aromatic rings. The number of aliphatic carboxylic acids is 1. The predicted molar refractivity (Wildman–Crippen MR) is 95.5 cm³/mol. The van der Waals surface area contributed by atoms with Crippen LogP contribution in [0.1, 0.15) is 41.8 Å². The molecule has 1 aromatic heterocycles. The summed E-state index contributed by atoms with van der Waals surface area (Å²) in [7, 11) is 0. The standard InChI is InChI=1S/C19H20N2O3S/c22-18(17-11-14(20-25-17)12-6-2-1-3-7-12)21-15-9-5-4-8-13(15)10-16(21)19(23)24/h1-3,6-7,11,13,15-16H,4-5,8-10H2,(H,23,24).